The van der Waals surface area contributed by atoms with Crippen molar-refractivity contribution in [3.8, 4) is 0 Å². The number of thioether (sulfide) groups is 1. The van der Waals surface area contributed by atoms with E-state index in [0.717, 1.165) is 5.65 Å². The molecule has 0 fully saturated rings. The lowest BCUT2D eigenvalue weighted by molar-refractivity contribution is -0.139. The number of fused-ring (bicyclic) bond motifs is 1. The molecule has 2 N–H and O–H groups in total. The second-order valence-electron chi connectivity index (χ2n) is 5.37. The van der Waals surface area contributed by atoms with Crippen LogP contribution in [0.25, 0.3) is 5.65 Å². The average molecular weight is 361 g/mol. The van der Waals surface area contributed by atoms with Gasteiger partial charge in [-0.2, -0.15) is 0 Å². The predicted molar refractivity (Wildman–Crippen MR) is 93.1 cm³/mol. The molecule has 0 aromatic carbocycles. The first kappa shape index (κ1) is 17.3. The lowest BCUT2D eigenvalue weighted by Gasteiger charge is -2.28. The maximum atomic E-state index is 12.3. The second-order valence-corrected chi connectivity index (χ2v) is 6.31. The molecule has 1 aliphatic heterocycles. The number of hydrogen-bond acceptors (Lipinski definition) is 6. The van der Waals surface area contributed by atoms with Crippen LogP contribution in [0.1, 0.15) is 20.3 Å². The van der Waals surface area contributed by atoms with Gasteiger partial charge in [0.15, 0.2) is 10.8 Å². The average Bonchev–Trinajstić information content (AvgIpc) is 3.02. The summed E-state index contributed by atoms with van der Waals surface area (Å²) in [5.41, 5.74) is 1.75. The Morgan fingerprint density at radius 2 is 2.20 bits per heavy atom. The number of ether oxygens (including phenoxy) is 1. The maximum Gasteiger partial charge on any atom is 0.337 e. The molecule has 1 atom stereocenters. The Bertz CT molecular complexity index is 832. The highest BCUT2D eigenvalue weighted by Gasteiger charge is 2.31. The van der Waals surface area contributed by atoms with E-state index in [1.54, 1.807) is 6.92 Å². The van der Waals surface area contributed by atoms with Crippen LogP contribution in [0.4, 0.5) is 4.79 Å². The molecule has 0 spiro atoms. The van der Waals surface area contributed by atoms with Gasteiger partial charge in [-0.15, -0.1) is 10.2 Å². The van der Waals surface area contributed by atoms with Crippen molar-refractivity contribution in [2.75, 3.05) is 12.4 Å². The van der Waals surface area contributed by atoms with Gasteiger partial charge in [0.25, 0.3) is 0 Å². The fourth-order valence-corrected chi connectivity index (χ4v) is 3.52. The summed E-state index contributed by atoms with van der Waals surface area (Å²) in [5.74, 6) is -0.0307. The van der Waals surface area contributed by atoms with Crippen molar-refractivity contribution in [3.05, 3.63) is 35.7 Å². The number of aromatic nitrogens is 3. The van der Waals surface area contributed by atoms with Gasteiger partial charge in [0.1, 0.15) is 0 Å². The van der Waals surface area contributed by atoms with E-state index in [1.165, 1.54) is 11.8 Å². The number of nitrogens with zero attached hydrogens (tertiary/aromatic N) is 3. The Balaban J connectivity index is 1.87. The third-order valence-corrected chi connectivity index (χ3v) is 4.74. The number of rotatable bonds is 6. The molecule has 8 nitrogen and oxygen atoms in total. The summed E-state index contributed by atoms with van der Waals surface area (Å²) in [6.45, 7) is 3.94. The summed E-state index contributed by atoms with van der Waals surface area (Å²) in [4.78, 5) is 24.2. The Labute approximate surface area is 149 Å². The van der Waals surface area contributed by atoms with Crippen molar-refractivity contribution in [3.63, 3.8) is 0 Å². The third-order valence-electron chi connectivity index (χ3n) is 3.77. The van der Waals surface area contributed by atoms with E-state index >= 15 is 0 Å². The molecule has 1 aliphatic rings. The fraction of sp³-hybridized carbons (Fsp3) is 0.375. The van der Waals surface area contributed by atoms with Crippen molar-refractivity contribution in [1.82, 2.24) is 25.2 Å². The molecule has 3 rings (SSSR count). The first-order valence-corrected chi connectivity index (χ1v) is 9.02. The van der Waals surface area contributed by atoms with Crippen LogP contribution in [-0.2, 0) is 9.53 Å². The number of pyridine rings is 1. The molecule has 3 heterocycles. The Morgan fingerprint density at radius 1 is 1.36 bits per heavy atom. The minimum absolute atomic E-state index is 0.280. The van der Waals surface area contributed by atoms with Crippen molar-refractivity contribution in [2.24, 2.45) is 0 Å². The minimum Gasteiger partial charge on any atom is -0.463 e. The summed E-state index contributed by atoms with van der Waals surface area (Å²) in [7, 11) is 0. The SMILES string of the molecule is CCOC(=O)C1=C(CSc2nnc3ccccn23)NC(=O)NC1CC. The number of carbonyl (C=O) groups is 2. The van der Waals surface area contributed by atoms with Crippen molar-refractivity contribution >= 4 is 29.4 Å². The standard InChI is InChI=1S/C16H19N5O3S/c1-3-10-13(14(22)24-4-2)11(18-15(23)17-10)9-25-16-20-19-12-7-5-6-8-21(12)16/h5-8,10H,3-4,9H2,1-2H3,(H2,17,18,23). The maximum absolute atomic E-state index is 12.3. The number of hydrogen-bond donors (Lipinski definition) is 2. The number of amides is 2. The topological polar surface area (TPSA) is 97.6 Å². The van der Waals surface area contributed by atoms with E-state index in [4.69, 9.17) is 4.74 Å². The van der Waals surface area contributed by atoms with Gasteiger partial charge in [-0.05, 0) is 25.5 Å². The van der Waals surface area contributed by atoms with Gasteiger partial charge in [0.2, 0.25) is 0 Å². The summed E-state index contributed by atoms with van der Waals surface area (Å²) in [6.07, 6.45) is 2.47. The number of urea groups is 1. The first-order chi connectivity index (χ1) is 12.1. The smallest absolute Gasteiger partial charge is 0.337 e. The minimum atomic E-state index is -0.413. The summed E-state index contributed by atoms with van der Waals surface area (Å²) < 4.78 is 7.01. The van der Waals surface area contributed by atoms with Crippen molar-refractivity contribution in [2.45, 2.75) is 31.5 Å². The zero-order chi connectivity index (χ0) is 17.8. The van der Waals surface area contributed by atoms with Crippen LogP contribution >= 0.6 is 11.8 Å². The van der Waals surface area contributed by atoms with Crippen LogP contribution in [0.5, 0.6) is 0 Å². The molecule has 0 bridgehead atoms. The van der Waals surface area contributed by atoms with Gasteiger partial charge in [0.05, 0.1) is 18.2 Å². The first-order valence-electron chi connectivity index (χ1n) is 8.04. The van der Waals surface area contributed by atoms with Crippen LogP contribution in [0.2, 0.25) is 0 Å². The highest BCUT2D eigenvalue weighted by Crippen LogP contribution is 2.24. The highest BCUT2D eigenvalue weighted by molar-refractivity contribution is 7.99. The van der Waals surface area contributed by atoms with Crippen molar-refractivity contribution < 1.29 is 14.3 Å². The van der Waals surface area contributed by atoms with Gasteiger partial charge in [-0.25, -0.2) is 9.59 Å². The molecule has 2 aromatic heterocycles. The fourth-order valence-electron chi connectivity index (χ4n) is 2.63. The molecule has 2 aromatic rings. The second kappa shape index (κ2) is 7.56. The molecule has 0 radical (unpaired) electrons. The summed E-state index contributed by atoms with van der Waals surface area (Å²) >= 11 is 1.40. The Morgan fingerprint density at radius 3 is 2.96 bits per heavy atom. The van der Waals surface area contributed by atoms with Crippen LogP contribution in [0.15, 0.2) is 40.8 Å². The molecule has 0 saturated carbocycles. The Hall–Kier alpha value is -2.55. The van der Waals surface area contributed by atoms with Crippen LogP contribution in [0.3, 0.4) is 0 Å². The monoisotopic (exact) mass is 361 g/mol. The normalized spacial score (nSPS) is 17.4. The summed E-state index contributed by atoms with van der Waals surface area (Å²) in [6, 6.07) is 4.96. The van der Waals surface area contributed by atoms with E-state index in [2.05, 4.69) is 20.8 Å². The highest BCUT2D eigenvalue weighted by atomic mass is 32.2. The van der Waals surface area contributed by atoms with Gasteiger partial charge in [-0.3, -0.25) is 4.40 Å². The molecule has 2 amide bonds. The molecule has 132 valence electrons. The van der Waals surface area contributed by atoms with E-state index in [0.29, 0.717) is 28.6 Å². The number of nitrogens with one attached hydrogen (secondary N) is 2. The zero-order valence-corrected chi connectivity index (χ0v) is 14.8. The lowest BCUT2D eigenvalue weighted by Crippen LogP contribution is -2.50. The van der Waals surface area contributed by atoms with Crippen LogP contribution in [-0.4, -0.2) is 45.0 Å². The quantitative estimate of drug-likeness (QED) is 0.601. The van der Waals surface area contributed by atoms with E-state index in [-0.39, 0.29) is 18.7 Å². The predicted octanol–water partition coefficient (Wildman–Crippen LogP) is 1.73. The molecular weight excluding hydrogens is 342 g/mol. The van der Waals surface area contributed by atoms with Crippen molar-refractivity contribution in [1.29, 1.82) is 0 Å². The number of esters is 1. The molecule has 0 aliphatic carbocycles. The molecule has 1 unspecified atom stereocenters. The third kappa shape index (κ3) is 3.60. The van der Waals surface area contributed by atoms with E-state index in [1.807, 2.05) is 35.7 Å². The molecule has 0 saturated heterocycles. The molecular formula is C16H19N5O3S. The van der Waals surface area contributed by atoms with Gasteiger partial charge in [0, 0.05) is 17.6 Å². The van der Waals surface area contributed by atoms with Gasteiger partial charge < -0.3 is 15.4 Å². The Kier molecular flexibility index (Phi) is 5.22. The van der Waals surface area contributed by atoms with Crippen LogP contribution in [0, 0.1) is 0 Å². The zero-order valence-electron chi connectivity index (χ0n) is 14.0. The lowest BCUT2D eigenvalue weighted by atomic mass is 10.0. The van der Waals surface area contributed by atoms with Crippen LogP contribution < -0.4 is 10.6 Å². The molecule has 25 heavy (non-hydrogen) atoms. The largest absolute Gasteiger partial charge is 0.463 e. The van der Waals surface area contributed by atoms with E-state index in [9.17, 15) is 9.59 Å². The van der Waals surface area contributed by atoms with E-state index < -0.39 is 5.97 Å². The summed E-state index contributed by atoms with van der Waals surface area (Å²) in [5, 5.41) is 14.4. The molecule has 9 heteroatoms. The van der Waals surface area contributed by atoms with Gasteiger partial charge >= 0.3 is 12.0 Å². The number of carbonyl (C=O) groups excluding carboxylic acids is 2. The van der Waals surface area contributed by atoms with Gasteiger partial charge in [-0.1, -0.05) is 24.8 Å².